The van der Waals surface area contributed by atoms with Crippen LogP contribution in [0.15, 0.2) is 35.7 Å². The highest BCUT2D eigenvalue weighted by Gasteiger charge is 2.40. The van der Waals surface area contributed by atoms with Crippen LogP contribution in [0.1, 0.15) is 55.7 Å². The van der Waals surface area contributed by atoms with Crippen LogP contribution in [0.25, 0.3) is 0 Å². The number of methoxy groups -OCH3 is 1. The topological polar surface area (TPSA) is 49.9 Å². The van der Waals surface area contributed by atoms with Crippen molar-refractivity contribution in [1.82, 2.24) is 9.80 Å². The second-order valence-electron chi connectivity index (χ2n) is 9.23. The van der Waals surface area contributed by atoms with Gasteiger partial charge in [0.2, 0.25) is 11.8 Å². The Bertz CT molecular complexity index is 925. The van der Waals surface area contributed by atoms with Gasteiger partial charge in [0.25, 0.3) is 0 Å². The third-order valence-corrected chi connectivity index (χ3v) is 6.91. The number of carbonyl (C=O) groups excluding carboxylic acids is 2. The minimum Gasteiger partial charge on any atom is -0.497 e. The van der Waals surface area contributed by atoms with E-state index in [1.807, 2.05) is 54.8 Å². The summed E-state index contributed by atoms with van der Waals surface area (Å²) in [5.74, 6) is 0.887. The van der Waals surface area contributed by atoms with Crippen molar-refractivity contribution in [1.29, 1.82) is 0 Å². The lowest BCUT2D eigenvalue weighted by Crippen LogP contribution is -2.49. The monoisotopic (exact) mass is 426 g/mol. The van der Waals surface area contributed by atoms with E-state index >= 15 is 0 Å². The van der Waals surface area contributed by atoms with Crippen LogP contribution in [0.2, 0.25) is 0 Å². The number of benzene rings is 1. The van der Waals surface area contributed by atoms with Crippen LogP contribution < -0.4 is 4.74 Å². The molecule has 0 unspecified atom stereocenters. The summed E-state index contributed by atoms with van der Waals surface area (Å²) in [6.45, 7) is 6.60. The molecule has 6 heteroatoms. The zero-order valence-corrected chi connectivity index (χ0v) is 19.0. The van der Waals surface area contributed by atoms with Gasteiger partial charge in [-0.3, -0.25) is 9.59 Å². The fourth-order valence-corrected chi connectivity index (χ4v) is 5.05. The molecule has 1 aromatic heterocycles. The average Bonchev–Trinajstić information content (AvgIpc) is 3.46. The van der Waals surface area contributed by atoms with E-state index in [0.29, 0.717) is 6.54 Å². The molecule has 0 spiro atoms. The molecular formula is C24H30N2O3S. The lowest BCUT2D eigenvalue weighted by atomic mass is 9.92. The Morgan fingerprint density at radius 1 is 1.17 bits per heavy atom. The molecule has 1 saturated carbocycles. The normalized spacial score (nSPS) is 18.7. The van der Waals surface area contributed by atoms with Crippen molar-refractivity contribution in [2.24, 2.45) is 5.41 Å². The number of carbonyl (C=O) groups is 2. The first-order chi connectivity index (χ1) is 14.3. The molecule has 1 aliphatic carbocycles. The maximum absolute atomic E-state index is 13.5. The first kappa shape index (κ1) is 20.9. The van der Waals surface area contributed by atoms with Gasteiger partial charge in [-0.2, -0.15) is 0 Å². The van der Waals surface area contributed by atoms with Gasteiger partial charge in [-0.25, -0.2) is 0 Å². The van der Waals surface area contributed by atoms with E-state index in [2.05, 4.69) is 11.4 Å². The Balaban J connectivity index is 1.62. The third kappa shape index (κ3) is 4.10. The van der Waals surface area contributed by atoms with Gasteiger partial charge < -0.3 is 14.5 Å². The van der Waals surface area contributed by atoms with Gasteiger partial charge in [0.05, 0.1) is 13.2 Å². The molecule has 1 fully saturated rings. The highest BCUT2D eigenvalue weighted by atomic mass is 32.1. The van der Waals surface area contributed by atoms with Crippen molar-refractivity contribution < 1.29 is 14.3 Å². The van der Waals surface area contributed by atoms with E-state index in [1.54, 1.807) is 18.4 Å². The molecule has 0 radical (unpaired) electrons. The number of amides is 2. The maximum atomic E-state index is 13.5. The SMILES string of the molecule is COc1ccc([C@@H]2c3ccsc3CCN2C(=O)CN(C(=O)C(C)(C)C)C2CC2)cc1. The molecule has 4 rings (SSSR count). The summed E-state index contributed by atoms with van der Waals surface area (Å²) < 4.78 is 5.31. The van der Waals surface area contributed by atoms with Gasteiger partial charge in [0.1, 0.15) is 12.3 Å². The highest BCUT2D eigenvalue weighted by molar-refractivity contribution is 7.10. The van der Waals surface area contributed by atoms with Crippen LogP contribution in [-0.2, 0) is 16.0 Å². The van der Waals surface area contributed by atoms with E-state index < -0.39 is 5.41 Å². The van der Waals surface area contributed by atoms with Crippen LogP contribution in [0.3, 0.4) is 0 Å². The van der Waals surface area contributed by atoms with Crippen molar-refractivity contribution in [3.8, 4) is 5.75 Å². The molecule has 2 aromatic rings. The summed E-state index contributed by atoms with van der Waals surface area (Å²) in [5.41, 5.74) is 1.79. The minimum atomic E-state index is -0.485. The van der Waals surface area contributed by atoms with E-state index in [-0.39, 0.29) is 30.4 Å². The zero-order chi connectivity index (χ0) is 21.5. The Morgan fingerprint density at radius 2 is 1.87 bits per heavy atom. The Kier molecular flexibility index (Phi) is 5.62. The first-order valence-corrected chi connectivity index (χ1v) is 11.5. The molecule has 1 atom stereocenters. The molecule has 2 aliphatic rings. The lowest BCUT2D eigenvalue weighted by molar-refractivity contribution is -0.147. The number of thiophene rings is 1. The summed E-state index contributed by atoms with van der Waals surface area (Å²) in [6, 6.07) is 10.2. The maximum Gasteiger partial charge on any atom is 0.243 e. The van der Waals surface area contributed by atoms with Crippen LogP contribution in [-0.4, -0.2) is 47.9 Å². The molecule has 2 heterocycles. The molecule has 0 N–H and O–H groups in total. The predicted molar refractivity (Wildman–Crippen MR) is 119 cm³/mol. The Morgan fingerprint density at radius 3 is 2.47 bits per heavy atom. The summed E-state index contributed by atoms with van der Waals surface area (Å²) >= 11 is 1.76. The van der Waals surface area contributed by atoms with Crippen molar-refractivity contribution in [2.75, 3.05) is 20.2 Å². The van der Waals surface area contributed by atoms with E-state index in [0.717, 1.165) is 30.6 Å². The highest BCUT2D eigenvalue weighted by Crippen LogP contribution is 2.39. The van der Waals surface area contributed by atoms with Crippen molar-refractivity contribution in [3.05, 3.63) is 51.7 Å². The van der Waals surface area contributed by atoms with E-state index in [1.165, 1.54) is 10.4 Å². The molecule has 0 saturated heterocycles. The van der Waals surface area contributed by atoms with Crippen LogP contribution in [0.5, 0.6) is 5.75 Å². The van der Waals surface area contributed by atoms with Gasteiger partial charge in [-0.1, -0.05) is 32.9 Å². The molecule has 2 amide bonds. The largest absolute Gasteiger partial charge is 0.497 e. The van der Waals surface area contributed by atoms with Crippen molar-refractivity contribution in [2.45, 2.75) is 52.1 Å². The third-order valence-electron chi connectivity index (χ3n) is 5.91. The summed E-state index contributed by atoms with van der Waals surface area (Å²) in [4.78, 5) is 31.6. The zero-order valence-electron chi connectivity index (χ0n) is 18.2. The first-order valence-electron chi connectivity index (χ1n) is 10.6. The summed E-state index contributed by atoms with van der Waals surface area (Å²) in [5, 5.41) is 2.11. The minimum absolute atomic E-state index is 0.0252. The van der Waals surface area contributed by atoms with Crippen molar-refractivity contribution >= 4 is 23.2 Å². The van der Waals surface area contributed by atoms with Gasteiger partial charge in [-0.15, -0.1) is 11.3 Å². The summed E-state index contributed by atoms with van der Waals surface area (Å²) in [6.07, 6.45) is 2.85. The lowest BCUT2D eigenvalue weighted by Gasteiger charge is -2.38. The number of fused-ring (bicyclic) bond motifs is 1. The number of hydrogen-bond donors (Lipinski definition) is 0. The molecule has 30 heavy (non-hydrogen) atoms. The van der Waals surface area contributed by atoms with Crippen LogP contribution in [0, 0.1) is 5.41 Å². The smallest absolute Gasteiger partial charge is 0.243 e. The number of hydrogen-bond acceptors (Lipinski definition) is 4. The molecule has 5 nitrogen and oxygen atoms in total. The van der Waals surface area contributed by atoms with Crippen LogP contribution >= 0.6 is 11.3 Å². The van der Waals surface area contributed by atoms with E-state index in [9.17, 15) is 9.59 Å². The Labute approximate surface area is 182 Å². The number of ether oxygens (including phenoxy) is 1. The van der Waals surface area contributed by atoms with Gasteiger partial charge >= 0.3 is 0 Å². The fraction of sp³-hybridized carbons (Fsp3) is 0.500. The van der Waals surface area contributed by atoms with Crippen LogP contribution in [0.4, 0.5) is 0 Å². The molecule has 160 valence electrons. The van der Waals surface area contributed by atoms with Crippen molar-refractivity contribution in [3.63, 3.8) is 0 Å². The number of nitrogens with zero attached hydrogens (tertiary/aromatic N) is 2. The molecule has 1 aliphatic heterocycles. The number of rotatable bonds is 5. The molecular weight excluding hydrogens is 396 g/mol. The van der Waals surface area contributed by atoms with Gasteiger partial charge in [0, 0.05) is 22.9 Å². The standard InChI is InChI=1S/C24H30N2O3S/c1-24(2,3)23(28)26(17-7-8-17)15-21(27)25-13-11-20-19(12-14-30-20)22(25)16-5-9-18(29-4)10-6-16/h5-6,9-10,12,14,17,22H,7-8,11,13,15H2,1-4H3/t22-/m1/s1. The average molecular weight is 427 g/mol. The summed E-state index contributed by atoms with van der Waals surface area (Å²) in [7, 11) is 1.65. The van der Waals surface area contributed by atoms with Gasteiger partial charge in [0.15, 0.2) is 0 Å². The second-order valence-corrected chi connectivity index (χ2v) is 10.2. The molecule has 0 bridgehead atoms. The van der Waals surface area contributed by atoms with E-state index in [4.69, 9.17) is 4.74 Å². The Hall–Kier alpha value is -2.34. The molecule has 1 aromatic carbocycles. The quantitative estimate of drug-likeness (QED) is 0.718. The fourth-order valence-electron chi connectivity index (χ4n) is 4.15. The second kappa shape index (κ2) is 8.06. The van der Waals surface area contributed by atoms with Gasteiger partial charge in [-0.05, 0) is 54.0 Å². The predicted octanol–water partition coefficient (Wildman–Crippen LogP) is 4.27.